The Balaban J connectivity index is 2.23. The van der Waals surface area contributed by atoms with Gasteiger partial charge in [-0.1, -0.05) is 0 Å². The first-order chi connectivity index (χ1) is 16.4. The highest BCUT2D eigenvalue weighted by Gasteiger charge is 2.44. The Morgan fingerprint density at radius 3 is 1.86 bits per heavy atom. The van der Waals surface area contributed by atoms with Crippen LogP contribution in [-0.4, -0.2) is 91.0 Å². The molecule has 1 rings (SSSR count). The fourth-order valence-electron chi connectivity index (χ4n) is 3.89. The number of carbonyl (C=O) groups is 2. The largest absolute Gasteiger partial charge is 0.500 e. The van der Waals surface area contributed by atoms with Gasteiger partial charge in [0.2, 0.25) is 0 Å². The molecule has 0 aromatic heterocycles. The van der Waals surface area contributed by atoms with E-state index < -0.39 is 44.5 Å². The lowest BCUT2D eigenvalue weighted by atomic mass is 10.2. The van der Waals surface area contributed by atoms with Crippen molar-refractivity contribution in [3.63, 3.8) is 0 Å². The standard InChI is InChI=1S/C19H44O11Si5/c1-22-35(23-2,24-3)17-11-15-26-19(21)13-9-12-18(20)25-14-10-16-34(8)29-32(5)27-31(4)28-33(6,7)30-34/h31-32H,9-17H2,1-8H3. The van der Waals surface area contributed by atoms with E-state index in [0.29, 0.717) is 31.4 Å². The predicted octanol–water partition coefficient (Wildman–Crippen LogP) is 2.46. The summed E-state index contributed by atoms with van der Waals surface area (Å²) >= 11 is 0. The molecule has 206 valence electrons. The van der Waals surface area contributed by atoms with Crippen LogP contribution in [0.25, 0.3) is 0 Å². The third-order valence-corrected chi connectivity index (χ3v) is 23.1. The van der Waals surface area contributed by atoms with Crippen molar-refractivity contribution >= 4 is 56.4 Å². The van der Waals surface area contributed by atoms with Crippen LogP contribution in [0.5, 0.6) is 0 Å². The van der Waals surface area contributed by atoms with Crippen molar-refractivity contribution in [1.29, 1.82) is 0 Å². The van der Waals surface area contributed by atoms with E-state index >= 15 is 0 Å². The molecule has 11 nitrogen and oxygen atoms in total. The van der Waals surface area contributed by atoms with Gasteiger partial charge >= 0.3 is 37.9 Å². The highest BCUT2D eigenvalue weighted by Crippen LogP contribution is 2.26. The fourth-order valence-corrected chi connectivity index (χ4v) is 22.3. The van der Waals surface area contributed by atoms with E-state index in [-0.39, 0.29) is 38.0 Å². The summed E-state index contributed by atoms with van der Waals surface area (Å²) < 4.78 is 51.3. The number of hydrogen-bond donors (Lipinski definition) is 0. The van der Waals surface area contributed by atoms with Crippen molar-refractivity contribution in [1.82, 2.24) is 0 Å². The van der Waals surface area contributed by atoms with Crippen molar-refractivity contribution in [2.75, 3.05) is 34.5 Å². The van der Waals surface area contributed by atoms with Crippen molar-refractivity contribution in [2.45, 2.75) is 76.9 Å². The van der Waals surface area contributed by atoms with Gasteiger partial charge in [-0.3, -0.25) is 9.59 Å². The second-order valence-corrected chi connectivity index (χ2v) is 23.7. The molecule has 3 unspecified atom stereocenters. The Labute approximate surface area is 216 Å². The van der Waals surface area contributed by atoms with Crippen LogP contribution in [0, 0.1) is 0 Å². The zero-order valence-electron chi connectivity index (χ0n) is 22.5. The van der Waals surface area contributed by atoms with Crippen molar-refractivity contribution in [3.05, 3.63) is 0 Å². The molecule has 0 radical (unpaired) electrons. The summed E-state index contributed by atoms with van der Waals surface area (Å²) in [6.07, 6.45) is 1.92. The molecule has 1 aliphatic rings. The summed E-state index contributed by atoms with van der Waals surface area (Å²) in [5.41, 5.74) is 0. The zero-order chi connectivity index (χ0) is 26.5. The Morgan fingerprint density at radius 1 is 0.800 bits per heavy atom. The first-order valence-electron chi connectivity index (χ1n) is 12.1. The van der Waals surface area contributed by atoms with E-state index in [1.807, 2.05) is 32.7 Å². The molecule has 1 aliphatic heterocycles. The molecule has 0 aromatic carbocycles. The first-order valence-corrected chi connectivity index (χ1v) is 23.5. The molecule has 0 aliphatic carbocycles. The monoisotopic (exact) mass is 588 g/mol. The third-order valence-electron chi connectivity index (χ3n) is 5.33. The van der Waals surface area contributed by atoms with Crippen LogP contribution < -0.4 is 0 Å². The maximum atomic E-state index is 12.0. The van der Waals surface area contributed by atoms with Crippen LogP contribution in [0.1, 0.15) is 32.1 Å². The Kier molecular flexibility index (Phi) is 14.9. The molecule has 0 N–H and O–H groups in total. The van der Waals surface area contributed by atoms with Gasteiger partial charge in [0.15, 0.2) is 0 Å². The molecule has 1 saturated heterocycles. The minimum atomic E-state index is -2.65. The van der Waals surface area contributed by atoms with Crippen LogP contribution in [0.15, 0.2) is 0 Å². The SMILES string of the molecule is CO[Si](CCCOC(=O)CCCC(=O)OCCC[Si]1(C)O[SiH](C)O[SiH](C)O[Si](C)(C)O1)(OC)OC. The average Bonchev–Trinajstić information content (AvgIpc) is 2.75. The third kappa shape index (κ3) is 13.2. The van der Waals surface area contributed by atoms with Crippen LogP contribution in [-0.2, 0) is 48.8 Å². The normalized spacial score (nSPS) is 24.9. The lowest BCUT2D eigenvalue weighted by molar-refractivity contribution is -0.145. The molecular formula is C19H44O11Si5. The quantitative estimate of drug-likeness (QED) is 0.159. The van der Waals surface area contributed by atoms with E-state index in [4.69, 9.17) is 39.2 Å². The van der Waals surface area contributed by atoms with Gasteiger partial charge in [0.25, 0.3) is 18.6 Å². The highest BCUT2D eigenvalue weighted by molar-refractivity contribution is 6.86. The Bertz CT molecular complexity index is 644. The topological polar surface area (TPSA) is 117 Å². The summed E-state index contributed by atoms with van der Waals surface area (Å²) in [5.74, 6) is -0.675. The van der Waals surface area contributed by atoms with E-state index in [9.17, 15) is 9.59 Å². The Hall–Kier alpha value is -0.256. The minimum absolute atomic E-state index is 0.160. The lowest BCUT2D eigenvalue weighted by Gasteiger charge is -2.41. The van der Waals surface area contributed by atoms with Gasteiger partial charge in [-0.25, -0.2) is 0 Å². The van der Waals surface area contributed by atoms with Crippen molar-refractivity contribution < 1.29 is 48.8 Å². The number of carbonyl (C=O) groups excluding carboxylic acids is 2. The molecule has 0 aromatic rings. The fraction of sp³-hybridized carbons (Fsp3) is 0.895. The zero-order valence-corrected chi connectivity index (χ0v) is 27.8. The summed E-state index contributed by atoms with van der Waals surface area (Å²) in [5, 5.41) is 0. The molecule has 3 atom stereocenters. The molecule has 1 fully saturated rings. The van der Waals surface area contributed by atoms with Gasteiger partial charge in [0, 0.05) is 40.2 Å². The lowest BCUT2D eigenvalue weighted by Crippen LogP contribution is -2.58. The second kappa shape index (κ2) is 15.9. The van der Waals surface area contributed by atoms with Gasteiger partial charge in [0.05, 0.1) is 13.2 Å². The number of rotatable bonds is 15. The van der Waals surface area contributed by atoms with Crippen LogP contribution in [0.3, 0.4) is 0 Å². The van der Waals surface area contributed by atoms with Crippen LogP contribution >= 0.6 is 0 Å². The molecule has 0 bridgehead atoms. The summed E-state index contributed by atoms with van der Waals surface area (Å²) in [6, 6.07) is 1.25. The van der Waals surface area contributed by atoms with E-state index in [1.54, 1.807) is 21.3 Å². The molecule has 0 saturated carbocycles. The molecule has 0 amide bonds. The molecule has 16 heteroatoms. The molecule has 1 heterocycles. The summed E-state index contributed by atoms with van der Waals surface area (Å²) in [4.78, 5) is 23.9. The minimum Gasteiger partial charge on any atom is -0.466 e. The molecule has 35 heavy (non-hydrogen) atoms. The van der Waals surface area contributed by atoms with Crippen molar-refractivity contribution in [2.24, 2.45) is 0 Å². The number of esters is 2. The van der Waals surface area contributed by atoms with Crippen LogP contribution in [0.4, 0.5) is 0 Å². The average molecular weight is 589 g/mol. The van der Waals surface area contributed by atoms with E-state index in [0.717, 1.165) is 0 Å². The van der Waals surface area contributed by atoms with Crippen molar-refractivity contribution in [3.8, 4) is 0 Å². The Morgan fingerprint density at radius 2 is 1.31 bits per heavy atom. The van der Waals surface area contributed by atoms with E-state index in [2.05, 4.69) is 0 Å². The van der Waals surface area contributed by atoms with Gasteiger partial charge in [-0.2, -0.15) is 0 Å². The number of ether oxygens (including phenoxy) is 2. The van der Waals surface area contributed by atoms with Crippen LogP contribution in [0.2, 0.25) is 44.8 Å². The summed E-state index contributed by atoms with van der Waals surface area (Å²) in [7, 11) is -6.32. The first kappa shape index (κ1) is 32.8. The number of hydrogen-bond acceptors (Lipinski definition) is 11. The maximum absolute atomic E-state index is 12.0. The van der Waals surface area contributed by atoms with E-state index in [1.165, 1.54) is 0 Å². The van der Waals surface area contributed by atoms with Gasteiger partial charge in [-0.15, -0.1) is 0 Å². The smallest absolute Gasteiger partial charge is 0.466 e. The second-order valence-electron chi connectivity index (χ2n) is 8.94. The maximum Gasteiger partial charge on any atom is 0.500 e. The van der Waals surface area contributed by atoms with Gasteiger partial charge < -0.3 is 39.2 Å². The van der Waals surface area contributed by atoms with Gasteiger partial charge in [-0.05, 0) is 58.0 Å². The molecule has 0 spiro atoms. The molecular weight excluding hydrogens is 545 g/mol. The summed E-state index contributed by atoms with van der Waals surface area (Å²) in [6.45, 7) is 10.6. The van der Waals surface area contributed by atoms with Gasteiger partial charge in [0.1, 0.15) is 0 Å². The highest BCUT2D eigenvalue weighted by atomic mass is 28.5. The predicted molar refractivity (Wildman–Crippen MR) is 141 cm³/mol.